The summed E-state index contributed by atoms with van der Waals surface area (Å²) in [5, 5.41) is -0.117. The van der Waals surface area contributed by atoms with Gasteiger partial charge in [0.15, 0.2) is 10.8 Å². The number of anilines is 1. The number of hydrogen-bond donors (Lipinski definition) is 1. The first-order valence-corrected chi connectivity index (χ1v) is 12.0. The van der Waals surface area contributed by atoms with Gasteiger partial charge < -0.3 is 4.84 Å². The number of aromatic nitrogens is 1. The Kier molecular flexibility index (Phi) is 6.82. The second kappa shape index (κ2) is 9.93. The zero-order valence-electron chi connectivity index (χ0n) is 17.6. The van der Waals surface area contributed by atoms with Crippen LogP contribution < -0.4 is 5.48 Å². The van der Waals surface area contributed by atoms with Gasteiger partial charge in [-0.1, -0.05) is 73.2 Å². The molecule has 1 saturated carbocycles. The zero-order valence-corrected chi connectivity index (χ0v) is 18.4. The standard InChI is InChI=1S/C24H25N3O4S/c28-24(21-13-7-14-21)31-26-22-15-8-16-23(25-22)32(29,30)27(17-19-9-3-1-4-10-19)18-20-11-5-2-6-12-20/h1-6,8-12,15-16,21H,7,13-14,17-18H2,(H,25,26). The lowest BCUT2D eigenvalue weighted by Crippen LogP contribution is -2.31. The number of nitrogens with one attached hydrogen (secondary N) is 1. The summed E-state index contributed by atoms with van der Waals surface area (Å²) in [6, 6.07) is 23.4. The number of rotatable bonds is 9. The fraction of sp³-hybridized carbons (Fsp3) is 0.250. The third-order valence-electron chi connectivity index (χ3n) is 5.43. The van der Waals surface area contributed by atoms with Gasteiger partial charge in [-0.3, -0.25) is 0 Å². The van der Waals surface area contributed by atoms with E-state index in [9.17, 15) is 13.2 Å². The van der Waals surface area contributed by atoms with Crippen molar-refractivity contribution in [2.75, 3.05) is 5.48 Å². The lowest BCUT2D eigenvalue weighted by Gasteiger charge is -2.23. The second-order valence-electron chi connectivity index (χ2n) is 7.76. The molecule has 7 nitrogen and oxygen atoms in total. The molecular formula is C24H25N3O4S. The minimum absolute atomic E-state index is 0.0957. The van der Waals surface area contributed by atoms with E-state index in [1.165, 1.54) is 10.4 Å². The quantitative estimate of drug-likeness (QED) is 0.492. The number of benzene rings is 2. The highest BCUT2D eigenvalue weighted by atomic mass is 32.2. The molecule has 0 atom stereocenters. The highest BCUT2D eigenvalue weighted by molar-refractivity contribution is 7.89. The Labute approximate surface area is 188 Å². The SMILES string of the molecule is O=C(ONc1cccc(S(=O)(=O)N(Cc2ccccc2)Cc2ccccc2)n1)C1CCC1. The third-order valence-corrected chi connectivity index (χ3v) is 7.12. The van der Waals surface area contributed by atoms with Gasteiger partial charge in [-0.25, -0.2) is 23.7 Å². The van der Waals surface area contributed by atoms with Crippen LogP contribution >= 0.6 is 0 Å². The van der Waals surface area contributed by atoms with Crippen molar-refractivity contribution in [3.8, 4) is 0 Å². The predicted molar refractivity (Wildman–Crippen MR) is 121 cm³/mol. The molecular weight excluding hydrogens is 426 g/mol. The van der Waals surface area contributed by atoms with Crippen molar-refractivity contribution in [2.45, 2.75) is 37.4 Å². The van der Waals surface area contributed by atoms with Crippen molar-refractivity contribution in [2.24, 2.45) is 5.92 Å². The zero-order chi connectivity index (χ0) is 22.4. The maximum absolute atomic E-state index is 13.5. The van der Waals surface area contributed by atoms with Crippen LogP contribution in [0.3, 0.4) is 0 Å². The Hall–Kier alpha value is -3.23. The molecule has 4 rings (SSSR count). The molecule has 1 N–H and O–H groups in total. The summed E-state index contributed by atoms with van der Waals surface area (Å²) in [7, 11) is -3.93. The van der Waals surface area contributed by atoms with E-state index in [0.29, 0.717) is 0 Å². The molecule has 0 saturated heterocycles. The summed E-state index contributed by atoms with van der Waals surface area (Å²) in [6.07, 6.45) is 2.65. The molecule has 1 aliphatic carbocycles. The molecule has 1 fully saturated rings. The predicted octanol–water partition coefficient (Wildman–Crippen LogP) is 4.14. The Morgan fingerprint density at radius 3 is 2.03 bits per heavy atom. The maximum atomic E-state index is 13.5. The summed E-state index contributed by atoms with van der Waals surface area (Å²) in [5.41, 5.74) is 4.24. The van der Waals surface area contributed by atoms with E-state index < -0.39 is 10.0 Å². The van der Waals surface area contributed by atoms with E-state index in [-0.39, 0.29) is 35.8 Å². The molecule has 1 aliphatic rings. The van der Waals surface area contributed by atoms with Crippen LogP contribution in [0.4, 0.5) is 5.82 Å². The number of carbonyl (C=O) groups excluding carboxylic acids is 1. The highest BCUT2D eigenvalue weighted by Gasteiger charge is 2.28. The smallest absolute Gasteiger partial charge is 0.335 e. The number of hydrogen-bond acceptors (Lipinski definition) is 6. The Morgan fingerprint density at radius 1 is 0.906 bits per heavy atom. The Balaban J connectivity index is 1.56. The van der Waals surface area contributed by atoms with Crippen LogP contribution in [-0.2, 0) is 32.7 Å². The van der Waals surface area contributed by atoms with Gasteiger partial charge >= 0.3 is 5.97 Å². The first-order valence-electron chi connectivity index (χ1n) is 10.5. The monoisotopic (exact) mass is 451 g/mol. The number of sulfonamides is 1. The third kappa shape index (κ3) is 5.33. The van der Waals surface area contributed by atoms with Crippen LogP contribution in [0, 0.1) is 5.92 Å². The van der Waals surface area contributed by atoms with E-state index in [0.717, 1.165) is 30.4 Å². The van der Waals surface area contributed by atoms with Crippen LogP contribution in [0.25, 0.3) is 0 Å². The van der Waals surface area contributed by atoms with Crippen molar-refractivity contribution < 1.29 is 18.0 Å². The number of pyridine rings is 1. The highest BCUT2D eigenvalue weighted by Crippen LogP contribution is 2.27. The average molecular weight is 452 g/mol. The van der Waals surface area contributed by atoms with Gasteiger partial charge in [-0.2, -0.15) is 4.31 Å². The molecule has 0 bridgehead atoms. The lowest BCUT2D eigenvalue weighted by atomic mass is 9.86. The summed E-state index contributed by atoms with van der Waals surface area (Å²) >= 11 is 0. The minimum Gasteiger partial charge on any atom is -0.342 e. The van der Waals surface area contributed by atoms with Crippen molar-refractivity contribution in [1.82, 2.24) is 9.29 Å². The topological polar surface area (TPSA) is 88.6 Å². The fourth-order valence-corrected chi connectivity index (χ4v) is 4.74. The van der Waals surface area contributed by atoms with Gasteiger partial charge in [0.25, 0.3) is 10.0 Å². The summed E-state index contributed by atoms with van der Waals surface area (Å²) in [5.74, 6) is -0.277. The molecule has 166 valence electrons. The van der Waals surface area contributed by atoms with Crippen molar-refractivity contribution in [1.29, 1.82) is 0 Å². The van der Waals surface area contributed by atoms with Gasteiger partial charge in [0.1, 0.15) is 0 Å². The van der Waals surface area contributed by atoms with Crippen LogP contribution in [0.1, 0.15) is 30.4 Å². The summed E-state index contributed by atoms with van der Waals surface area (Å²) < 4.78 is 28.4. The fourth-order valence-electron chi connectivity index (χ4n) is 3.38. The van der Waals surface area contributed by atoms with Gasteiger partial charge in [-0.15, -0.1) is 0 Å². The lowest BCUT2D eigenvalue weighted by molar-refractivity contribution is -0.148. The molecule has 32 heavy (non-hydrogen) atoms. The molecule has 0 unspecified atom stereocenters. The number of carbonyl (C=O) groups is 1. The summed E-state index contributed by atoms with van der Waals surface area (Å²) in [4.78, 5) is 21.3. The van der Waals surface area contributed by atoms with E-state index in [1.54, 1.807) is 12.1 Å². The van der Waals surface area contributed by atoms with Crippen LogP contribution in [-0.4, -0.2) is 23.7 Å². The average Bonchev–Trinajstić information content (AvgIpc) is 2.78. The molecule has 0 spiro atoms. The Bertz CT molecular complexity index is 1110. The van der Waals surface area contributed by atoms with Crippen LogP contribution in [0.2, 0.25) is 0 Å². The van der Waals surface area contributed by atoms with Gasteiger partial charge in [0.2, 0.25) is 0 Å². The van der Waals surface area contributed by atoms with E-state index in [2.05, 4.69) is 10.5 Å². The van der Waals surface area contributed by atoms with Crippen molar-refractivity contribution in [3.05, 3.63) is 90.0 Å². The van der Waals surface area contributed by atoms with Gasteiger partial charge in [0.05, 0.1) is 5.92 Å². The van der Waals surface area contributed by atoms with E-state index in [4.69, 9.17) is 4.84 Å². The minimum atomic E-state index is -3.93. The first kappa shape index (κ1) is 22.0. The molecule has 1 aromatic heterocycles. The largest absolute Gasteiger partial charge is 0.342 e. The molecule has 0 radical (unpaired) electrons. The van der Waals surface area contributed by atoms with Crippen molar-refractivity contribution >= 4 is 21.8 Å². The molecule has 3 aromatic rings. The number of nitrogens with zero attached hydrogens (tertiary/aromatic N) is 2. The maximum Gasteiger partial charge on any atom is 0.335 e. The molecule has 8 heteroatoms. The Morgan fingerprint density at radius 2 is 1.50 bits per heavy atom. The normalized spacial score (nSPS) is 14.0. The molecule has 0 aliphatic heterocycles. The molecule has 2 aromatic carbocycles. The summed E-state index contributed by atoms with van der Waals surface area (Å²) in [6.45, 7) is 0.405. The van der Waals surface area contributed by atoms with Crippen LogP contribution in [0.15, 0.2) is 83.9 Å². The van der Waals surface area contributed by atoms with Gasteiger partial charge in [-0.05, 0) is 36.1 Å². The van der Waals surface area contributed by atoms with Crippen LogP contribution in [0.5, 0.6) is 0 Å². The van der Waals surface area contributed by atoms with E-state index >= 15 is 0 Å². The second-order valence-corrected chi connectivity index (χ2v) is 9.64. The molecule has 1 heterocycles. The van der Waals surface area contributed by atoms with Gasteiger partial charge in [0, 0.05) is 13.1 Å². The van der Waals surface area contributed by atoms with Crippen molar-refractivity contribution in [3.63, 3.8) is 0 Å². The van der Waals surface area contributed by atoms with E-state index in [1.807, 2.05) is 60.7 Å². The molecule has 0 amide bonds. The first-order chi connectivity index (χ1) is 15.5.